The molecule has 1 N–H and O–H groups in total. The Hall–Kier alpha value is -1.37. The van der Waals surface area contributed by atoms with E-state index in [1.807, 2.05) is 25.1 Å². The molecule has 2 aromatic rings. The highest BCUT2D eigenvalue weighted by atomic mass is 32.1. The van der Waals surface area contributed by atoms with Gasteiger partial charge in [-0.05, 0) is 49.7 Å². The molecule has 3 rings (SSSR count). The van der Waals surface area contributed by atoms with Crippen LogP contribution < -0.4 is 5.32 Å². The van der Waals surface area contributed by atoms with E-state index in [9.17, 15) is 13.2 Å². The van der Waals surface area contributed by atoms with Crippen LogP contribution in [-0.2, 0) is 6.18 Å². The first kappa shape index (κ1) is 17.5. The Morgan fingerprint density at radius 2 is 1.96 bits per heavy atom. The molecule has 2 nitrogen and oxygen atoms in total. The molecule has 0 radical (unpaired) electrons. The van der Waals surface area contributed by atoms with E-state index >= 15 is 0 Å². The van der Waals surface area contributed by atoms with Crippen molar-refractivity contribution >= 4 is 11.3 Å². The summed E-state index contributed by atoms with van der Waals surface area (Å²) in [7, 11) is 0. The third-order valence-corrected chi connectivity index (χ3v) is 5.35. The number of aryl methyl sites for hydroxylation is 1. The molecule has 1 aliphatic rings. The van der Waals surface area contributed by atoms with Gasteiger partial charge in [-0.15, -0.1) is 11.3 Å². The minimum Gasteiger partial charge on any atom is -0.315 e. The summed E-state index contributed by atoms with van der Waals surface area (Å²) in [6.07, 6.45) is -3.31. The molecule has 6 heteroatoms. The molecule has 1 unspecified atom stereocenters. The lowest BCUT2D eigenvalue weighted by molar-refractivity contribution is -0.137. The highest BCUT2D eigenvalue weighted by molar-refractivity contribution is 7.12. The Morgan fingerprint density at radius 1 is 1.12 bits per heavy atom. The van der Waals surface area contributed by atoms with Crippen molar-refractivity contribution in [2.24, 2.45) is 0 Å². The summed E-state index contributed by atoms with van der Waals surface area (Å²) in [5.74, 6) is 0. The van der Waals surface area contributed by atoms with Gasteiger partial charge in [0.1, 0.15) is 0 Å². The lowest BCUT2D eigenvalue weighted by Gasteiger charge is -2.30. The number of alkyl halides is 3. The van der Waals surface area contributed by atoms with Gasteiger partial charge in [0.05, 0.1) is 11.6 Å². The molecule has 1 aromatic heterocycles. The number of benzene rings is 1. The zero-order valence-electron chi connectivity index (χ0n) is 13.6. The highest BCUT2D eigenvalue weighted by Crippen LogP contribution is 2.37. The van der Waals surface area contributed by atoms with E-state index < -0.39 is 11.7 Å². The van der Waals surface area contributed by atoms with Gasteiger partial charge in [0.2, 0.25) is 0 Å². The Morgan fingerprint density at radius 3 is 2.67 bits per heavy atom. The van der Waals surface area contributed by atoms with Crippen LogP contribution in [0.1, 0.15) is 33.3 Å². The third kappa shape index (κ3) is 3.99. The molecule has 1 saturated heterocycles. The van der Waals surface area contributed by atoms with Gasteiger partial charge in [-0.2, -0.15) is 13.2 Å². The van der Waals surface area contributed by atoms with E-state index in [4.69, 9.17) is 0 Å². The average Bonchev–Trinajstić information content (AvgIpc) is 2.80. The van der Waals surface area contributed by atoms with Crippen LogP contribution >= 0.6 is 11.3 Å². The zero-order valence-corrected chi connectivity index (χ0v) is 14.4. The molecule has 1 atom stereocenters. The SMILES string of the molecule is Cc1ccc(C(c2cccc(C(F)(F)F)c2)N2CCCNCC2)s1. The van der Waals surface area contributed by atoms with Crippen LogP contribution in [0.25, 0.3) is 0 Å². The second kappa shape index (κ2) is 7.25. The first-order valence-corrected chi connectivity index (χ1v) is 8.95. The van der Waals surface area contributed by atoms with Gasteiger partial charge >= 0.3 is 6.18 Å². The number of nitrogens with zero attached hydrogens (tertiary/aromatic N) is 1. The molecule has 0 aliphatic carbocycles. The Labute approximate surface area is 144 Å². The Balaban J connectivity index is 2.01. The fourth-order valence-corrected chi connectivity index (χ4v) is 4.21. The van der Waals surface area contributed by atoms with Crippen molar-refractivity contribution in [3.63, 3.8) is 0 Å². The molecule has 1 fully saturated rings. The number of hydrogen-bond donors (Lipinski definition) is 1. The first-order chi connectivity index (χ1) is 11.4. The van der Waals surface area contributed by atoms with Crippen LogP contribution in [0.4, 0.5) is 13.2 Å². The standard InChI is InChI=1S/C18H21F3N2S/c1-13-6-7-16(24-13)17(23-10-3-8-22-9-11-23)14-4-2-5-15(12-14)18(19,20)21/h2,4-7,12,17,22H,3,8-11H2,1H3. The maximum absolute atomic E-state index is 13.1. The van der Waals surface area contributed by atoms with Crippen LogP contribution in [-0.4, -0.2) is 31.1 Å². The van der Waals surface area contributed by atoms with Crippen molar-refractivity contribution < 1.29 is 13.2 Å². The van der Waals surface area contributed by atoms with Crippen LogP contribution in [0.15, 0.2) is 36.4 Å². The van der Waals surface area contributed by atoms with Crippen molar-refractivity contribution in [1.29, 1.82) is 0 Å². The van der Waals surface area contributed by atoms with Gasteiger partial charge in [-0.25, -0.2) is 0 Å². The van der Waals surface area contributed by atoms with E-state index in [-0.39, 0.29) is 6.04 Å². The molecule has 1 aromatic carbocycles. The van der Waals surface area contributed by atoms with Crippen LogP contribution in [0, 0.1) is 6.92 Å². The molecule has 2 heterocycles. The minimum absolute atomic E-state index is 0.120. The summed E-state index contributed by atoms with van der Waals surface area (Å²) >= 11 is 1.66. The summed E-state index contributed by atoms with van der Waals surface area (Å²) in [5, 5.41) is 3.36. The first-order valence-electron chi connectivity index (χ1n) is 8.13. The van der Waals surface area contributed by atoms with E-state index in [1.165, 1.54) is 17.0 Å². The Bertz CT molecular complexity index is 673. The van der Waals surface area contributed by atoms with Crippen molar-refractivity contribution in [1.82, 2.24) is 10.2 Å². The zero-order chi connectivity index (χ0) is 17.2. The molecule has 0 bridgehead atoms. The monoisotopic (exact) mass is 354 g/mol. The maximum atomic E-state index is 13.1. The van der Waals surface area contributed by atoms with Crippen molar-refractivity contribution in [3.05, 3.63) is 57.3 Å². The Kier molecular flexibility index (Phi) is 5.27. The van der Waals surface area contributed by atoms with Gasteiger partial charge in [-0.3, -0.25) is 4.90 Å². The lowest BCUT2D eigenvalue weighted by atomic mass is 10.0. The number of halogens is 3. The normalized spacial score (nSPS) is 18.3. The second-order valence-electron chi connectivity index (χ2n) is 6.11. The predicted octanol–water partition coefficient (Wildman–Crippen LogP) is 4.46. The summed E-state index contributed by atoms with van der Waals surface area (Å²) in [6.45, 7) is 5.55. The summed E-state index contributed by atoms with van der Waals surface area (Å²) in [6, 6.07) is 9.74. The fraction of sp³-hybridized carbons (Fsp3) is 0.444. The van der Waals surface area contributed by atoms with Gasteiger partial charge in [0.15, 0.2) is 0 Å². The van der Waals surface area contributed by atoms with Gasteiger partial charge in [0, 0.05) is 29.4 Å². The largest absolute Gasteiger partial charge is 0.416 e. The van der Waals surface area contributed by atoms with E-state index in [0.29, 0.717) is 5.56 Å². The quantitative estimate of drug-likeness (QED) is 0.875. The summed E-state index contributed by atoms with van der Waals surface area (Å²) in [4.78, 5) is 4.57. The fourth-order valence-electron chi connectivity index (χ4n) is 3.17. The lowest BCUT2D eigenvalue weighted by Crippen LogP contribution is -2.32. The topological polar surface area (TPSA) is 15.3 Å². The van der Waals surface area contributed by atoms with Gasteiger partial charge < -0.3 is 5.32 Å². The number of rotatable bonds is 3. The molecule has 0 saturated carbocycles. The van der Waals surface area contributed by atoms with E-state index in [0.717, 1.165) is 43.5 Å². The number of thiophene rings is 1. The van der Waals surface area contributed by atoms with E-state index in [1.54, 1.807) is 11.3 Å². The van der Waals surface area contributed by atoms with Crippen LogP contribution in [0.5, 0.6) is 0 Å². The van der Waals surface area contributed by atoms with Gasteiger partial charge in [-0.1, -0.05) is 12.1 Å². The molecule has 1 aliphatic heterocycles. The average molecular weight is 354 g/mol. The van der Waals surface area contributed by atoms with Crippen molar-refractivity contribution in [2.45, 2.75) is 25.6 Å². The van der Waals surface area contributed by atoms with Crippen LogP contribution in [0.3, 0.4) is 0 Å². The molecule has 130 valence electrons. The summed E-state index contributed by atoms with van der Waals surface area (Å²) in [5.41, 5.74) is 0.139. The minimum atomic E-state index is -4.31. The molecule has 24 heavy (non-hydrogen) atoms. The van der Waals surface area contributed by atoms with E-state index in [2.05, 4.69) is 10.2 Å². The summed E-state index contributed by atoms with van der Waals surface area (Å²) < 4.78 is 39.4. The smallest absolute Gasteiger partial charge is 0.315 e. The maximum Gasteiger partial charge on any atom is 0.416 e. The van der Waals surface area contributed by atoms with Crippen molar-refractivity contribution in [3.8, 4) is 0 Å². The number of nitrogens with one attached hydrogen (secondary N) is 1. The van der Waals surface area contributed by atoms with Crippen LogP contribution in [0.2, 0.25) is 0 Å². The van der Waals surface area contributed by atoms with Gasteiger partial charge in [0.25, 0.3) is 0 Å². The predicted molar refractivity (Wildman–Crippen MR) is 91.4 cm³/mol. The molecular formula is C18H21F3N2S. The third-order valence-electron chi connectivity index (χ3n) is 4.30. The molecular weight excluding hydrogens is 333 g/mol. The molecule has 0 spiro atoms. The highest BCUT2D eigenvalue weighted by Gasteiger charge is 2.32. The number of hydrogen-bond acceptors (Lipinski definition) is 3. The second-order valence-corrected chi connectivity index (χ2v) is 7.43. The molecule has 0 amide bonds. The van der Waals surface area contributed by atoms with Crippen molar-refractivity contribution in [2.75, 3.05) is 26.2 Å².